The van der Waals surface area contributed by atoms with Gasteiger partial charge in [0.2, 0.25) is 0 Å². The normalized spacial score (nSPS) is 11.9. The number of likely N-dealkylation sites (N-methyl/N-ethyl adjacent to an activating group) is 1. The molecule has 128 valence electrons. The van der Waals surface area contributed by atoms with Gasteiger partial charge in [0, 0.05) is 46.7 Å². The largest absolute Gasteiger partial charge is 0.337 e. The van der Waals surface area contributed by atoms with Crippen molar-refractivity contribution < 1.29 is 9.18 Å². The van der Waals surface area contributed by atoms with E-state index in [1.807, 2.05) is 35.8 Å². The Balaban J connectivity index is 2.21. The second-order valence-electron chi connectivity index (χ2n) is 5.89. The molecule has 0 aliphatic carbocycles. The zero-order chi connectivity index (χ0) is 17.8. The summed E-state index contributed by atoms with van der Waals surface area (Å²) in [5.41, 5.74) is 4.47. The Kier molecular flexibility index (Phi) is 5.05. The number of benzene rings is 1. The fourth-order valence-electron chi connectivity index (χ4n) is 3.09. The van der Waals surface area contributed by atoms with Crippen molar-refractivity contribution >= 4 is 17.2 Å². The number of carbonyl (C=O) groups is 1. The van der Waals surface area contributed by atoms with Gasteiger partial charge in [0.25, 0.3) is 0 Å². The molecule has 0 saturated heterocycles. The molecule has 2 heterocycles. The van der Waals surface area contributed by atoms with Crippen molar-refractivity contribution in [2.45, 2.75) is 13.5 Å². The number of carbonyl (C=O) groups excluding carboxylic acids is 1. The molecule has 0 unspecified atom stereocenters. The SMILES string of the molecule is CNC/C=C(\F)Cn1c(C)c(-c2ccncc2)c2cc(C=O)ccc21. The van der Waals surface area contributed by atoms with Gasteiger partial charge in [0.1, 0.15) is 12.1 Å². The molecule has 0 amide bonds. The van der Waals surface area contributed by atoms with E-state index in [0.717, 1.165) is 34.0 Å². The van der Waals surface area contributed by atoms with Crippen LogP contribution in [0, 0.1) is 6.92 Å². The highest BCUT2D eigenvalue weighted by Gasteiger charge is 2.17. The summed E-state index contributed by atoms with van der Waals surface area (Å²) in [7, 11) is 1.78. The fraction of sp³-hybridized carbons (Fsp3) is 0.200. The van der Waals surface area contributed by atoms with Gasteiger partial charge in [-0.2, -0.15) is 0 Å². The molecule has 25 heavy (non-hydrogen) atoms. The number of nitrogens with zero attached hydrogens (tertiary/aromatic N) is 2. The summed E-state index contributed by atoms with van der Waals surface area (Å²) in [4.78, 5) is 15.3. The molecule has 3 rings (SSSR count). The van der Waals surface area contributed by atoms with Gasteiger partial charge in [0.15, 0.2) is 0 Å². The molecule has 0 saturated carbocycles. The lowest BCUT2D eigenvalue weighted by Crippen LogP contribution is -2.07. The number of hydrogen-bond acceptors (Lipinski definition) is 3. The number of pyridine rings is 1. The summed E-state index contributed by atoms with van der Waals surface area (Å²) >= 11 is 0. The third-order valence-electron chi connectivity index (χ3n) is 4.29. The summed E-state index contributed by atoms with van der Waals surface area (Å²) in [5, 5.41) is 3.85. The minimum Gasteiger partial charge on any atom is -0.337 e. The molecule has 0 bridgehead atoms. The van der Waals surface area contributed by atoms with E-state index in [2.05, 4.69) is 10.3 Å². The van der Waals surface area contributed by atoms with Crippen LogP contribution in [0.25, 0.3) is 22.0 Å². The molecule has 0 atom stereocenters. The standard InChI is InChI=1S/C20H20FN3O/c1-14-20(16-5-9-23-10-6-16)18-11-15(13-25)3-4-19(18)24(14)12-17(21)7-8-22-2/h3-7,9-11,13,22H,8,12H2,1-2H3/b17-7-. The second kappa shape index (κ2) is 7.40. The molecule has 0 spiro atoms. The number of nitrogens with one attached hydrogen (secondary N) is 1. The van der Waals surface area contributed by atoms with Crippen LogP contribution in [-0.4, -0.2) is 29.4 Å². The van der Waals surface area contributed by atoms with Crippen molar-refractivity contribution in [2.75, 3.05) is 13.6 Å². The van der Waals surface area contributed by atoms with E-state index in [0.29, 0.717) is 12.1 Å². The first kappa shape index (κ1) is 17.0. The second-order valence-corrected chi connectivity index (χ2v) is 5.89. The monoisotopic (exact) mass is 337 g/mol. The molecule has 0 fully saturated rings. The molecular weight excluding hydrogens is 317 g/mol. The zero-order valence-electron chi connectivity index (χ0n) is 14.3. The number of rotatable bonds is 6. The molecule has 0 radical (unpaired) electrons. The number of fused-ring (bicyclic) bond motifs is 1. The summed E-state index contributed by atoms with van der Waals surface area (Å²) in [6.07, 6.45) is 5.83. The number of hydrogen-bond donors (Lipinski definition) is 1. The average Bonchev–Trinajstić information content (AvgIpc) is 2.91. The number of allylic oxidation sites excluding steroid dienone is 1. The van der Waals surface area contributed by atoms with Crippen LogP contribution in [0.1, 0.15) is 16.1 Å². The topological polar surface area (TPSA) is 46.9 Å². The van der Waals surface area contributed by atoms with Gasteiger partial charge in [0.05, 0.1) is 6.54 Å². The quantitative estimate of drug-likeness (QED) is 0.694. The highest BCUT2D eigenvalue weighted by molar-refractivity contribution is 6.00. The number of aromatic nitrogens is 2. The fourth-order valence-corrected chi connectivity index (χ4v) is 3.09. The van der Waals surface area contributed by atoms with Crippen molar-refractivity contribution in [1.82, 2.24) is 14.9 Å². The van der Waals surface area contributed by atoms with Crippen LogP contribution < -0.4 is 5.32 Å². The smallest absolute Gasteiger partial charge is 0.150 e. The van der Waals surface area contributed by atoms with Gasteiger partial charge in [-0.3, -0.25) is 9.78 Å². The number of aldehydes is 1. The molecule has 0 aliphatic heterocycles. The Labute approximate surface area is 146 Å². The van der Waals surface area contributed by atoms with Crippen molar-refractivity contribution in [3.8, 4) is 11.1 Å². The lowest BCUT2D eigenvalue weighted by atomic mass is 10.0. The molecular formula is C20H20FN3O. The summed E-state index contributed by atoms with van der Waals surface area (Å²) in [6, 6.07) is 9.34. The maximum absolute atomic E-state index is 14.3. The molecule has 4 nitrogen and oxygen atoms in total. The van der Waals surface area contributed by atoms with E-state index in [9.17, 15) is 9.18 Å². The van der Waals surface area contributed by atoms with E-state index >= 15 is 0 Å². The Morgan fingerprint density at radius 1 is 1.28 bits per heavy atom. The van der Waals surface area contributed by atoms with Gasteiger partial charge < -0.3 is 9.88 Å². The first-order chi connectivity index (χ1) is 12.2. The molecule has 0 aliphatic rings. The van der Waals surface area contributed by atoms with Crippen molar-refractivity contribution in [1.29, 1.82) is 0 Å². The van der Waals surface area contributed by atoms with Crippen molar-refractivity contribution in [3.05, 3.63) is 65.9 Å². The van der Waals surface area contributed by atoms with Gasteiger partial charge >= 0.3 is 0 Å². The zero-order valence-corrected chi connectivity index (χ0v) is 14.3. The van der Waals surface area contributed by atoms with Gasteiger partial charge in [-0.15, -0.1) is 0 Å². The molecule has 1 N–H and O–H groups in total. The molecule has 1 aromatic carbocycles. The van der Waals surface area contributed by atoms with Crippen LogP contribution in [0.2, 0.25) is 0 Å². The van der Waals surface area contributed by atoms with Crippen LogP contribution in [-0.2, 0) is 6.54 Å². The third-order valence-corrected chi connectivity index (χ3v) is 4.29. The highest BCUT2D eigenvalue weighted by atomic mass is 19.1. The predicted octanol–water partition coefficient (Wildman–Crippen LogP) is 3.90. The summed E-state index contributed by atoms with van der Waals surface area (Å²) in [6.45, 7) is 2.62. The van der Waals surface area contributed by atoms with E-state index in [4.69, 9.17) is 0 Å². The lowest BCUT2D eigenvalue weighted by molar-refractivity contribution is 0.112. The average molecular weight is 337 g/mol. The van der Waals surface area contributed by atoms with Crippen LogP contribution >= 0.6 is 0 Å². The van der Waals surface area contributed by atoms with E-state index in [1.54, 1.807) is 25.5 Å². The predicted molar refractivity (Wildman–Crippen MR) is 98.4 cm³/mol. The van der Waals surface area contributed by atoms with Gasteiger partial charge in [-0.05, 0) is 55.9 Å². The third kappa shape index (κ3) is 3.37. The Morgan fingerprint density at radius 2 is 2.04 bits per heavy atom. The Morgan fingerprint density at radius 3 is 2.72 bits per heavy atom. The minimum absolute atomic E-state index is 0.162. The Bertz CT molecular complexity index is 929. The van der Waals surface area contributed by atoms with Crippen LogP contribution in [0.15, 0.2) is 54.6 Å². The van der Waals surface area contributed by atoms with Crippen LogP contribution in [0.3, 0.4) is 0 Å². The summed E-state index contributed by atoms with van der Waals surface area (Å²) in [5.74, 6) is -0.199. The minimum atomic E-state index is -0.199. The first-order valence-electron chi connectivity index (χ1n) is 8.13. The van der Waals surface area contributed by atoms with E-state index in [-0.39, 0.29) is 12.4 Å². The van der Waals surface area contributed by atoms with E-state index in [1.165, 1.54) is 6.08 Å². The molecule has 2 aromatic heterocycles. The van der Waals surface area contributed by atoms with Crippen molar-refractivity contribution in [3.63, 3.8) is 0 Å². The van der Waals surface area contributed by atoms with Crippen LogP contribution in [0.4, 0.5) is 4.39 Å². The van der Waals surface area contributed by atoms with Crippen molar-refractivity contribution in [2.24, 2.45) is 0 Å². The van der Waals surface area contributed by atoms with Gasteiger partial charge in [-0.25, -0.2) is 4.39 Å². The molecule has 3 aromatic rings. The number of halogens is 1. The van der Waals surface area contributed by atoms with Crippen LogP contribution in [0.5, 0.6) is 0 Å². The lowest BCUT2D eigenvalue weighted by Gasteiger charge is -2.08. The Hall–Kier alpha value is -2.79. The maximum Gasteiger partial charge on any atom is 0.150 e. The maximum atomic E-state index is 14.3. The first-order valence-corrected chi connectivity index (χ1v) is 8.13. The molecule has 5 heteroatoms. The van der Waals surface area contributed by atoms with Gasteiger partial charge in [-0.1, -0.05) is 0 Å². The summed E-state index contributed by atoms with van der Waals surface area (Å²) < 4.78 is 16.2. The van der Waals surface area contributed by atoms with E-state index < -0.39 is 0 Å². The highest BCUT2D eigenvalue weighted by Crippen LogP contribution is 2.35.